The number of amides is 1. The second-order valence-corrected chi connectivity index (χ2v) is 5.67. The Labute approximate surface area is 135 Å². The van der Waals surface area contributed by atoms with E-state index in [0.717, 1.165) is 18.7 Å². The fourth-order valence-corrected chi connectivity index (χ4v) is 2.55. The summed E-state index contributed by atoms with van der Waals surface area (Å²) in [5.74, 6) is 0.548. The SMILES string of the molecule is Cc1nnnn1C(=Cc1ccccc1)C(=O)N1CCN(C)CC1. The van der Waals surface area contributed by atoms with Crippen LogP contribution in [0.3, 0.4) is 0 Å². The van der Waals surface area contributed by atoms with Crippen LogP contribution in [0.25, 0.3) is 11.8 Å². The van der Waals surface area contributed by atoms with E-state index >= 15 is 0 Å². The van der Waals surface area contributed by atoms with Crippen molar-refractivity contribution in [1.29, 1.82) is 0 Å². The molecule has 1 aliphatic heterocycles. The number of carbonyl (C=O) groups is 1. The van der Waals surface area contributed by atoms with Gasteiger partial charge >= 0.3 is 0 Å². The van der Waals surface area contributed by atoms with Crippen LogP contribution in [0, 0.1) is 6.92 Å². The summed E-state index contributed by atoms with van der Waals surface area (Å²) in [5.41, 5.74) is 1.42. The van der Waals surface area contributed by atoms with Gasteiger partial charge in [-0.15, -0.1) is 5.10 Å². The number of aryl methyl sites for hydroxylation is 1. The summed E-state index contributed by atoms with van der Waals surface area (Å²) in [7, 11) is 2.06. The van der Waals surface area contributed by atoms with Gasteiger partial charge < -0.3 is 9.80 Å². The Bertz CT molecular complexity index is 700. The molecule has 23 heavy (non-hydrogen) atoms. The lowest BCUT2D eigenvalue weighted by atomic mass is 10.1. The summed E-state index contributed by atoms with van der Waals surface area (Å²) in [4.78, 5) is 17.1. The van der Waals surface area contributed by atoms with E-state index in [0.29, 0.717) is 24.6 Å². The lowest BCUT2D eigenvalue weighted by molar-refractivity contribution is -0.126. The molecule has 1 amide bonds. The Hall–Kier alpha value is -2.54. The van der Waals surface area contributed by atoms with Gasteiger partial charge in [0.2, 0.25) is 0 Å². The molecule has 0 aliphatic carbocycles. The average Bonchev–Trinajstić information content (AvgIpc) is 2.99. The maximum atomic E-state index is 13.0. The zero-order chi connectivity index (χ0) is 16.2. The molecule has 120 valence electrons. The Morgan fingerprint density at radius 1 is 1.13 bits per heavy atom. The molecule has 1 aromatic heterocycles. The highest BCUT2D eigenvalue weighted by Gasteiger charge is 2.25. The third-order valence-electron chi connectivity index (χ3n) is 3.97. The number of hydrogen-bond acceptors (Lipinski definition) is 5. The number of hydrogen-bond donors (Lipinski definition) is 0. The number of tetrazole rings is 1. The molecule has 2 heterocycles. The molecule has 1 aromatic carbocycles. The van der Waals surface area contributed by atoms with E-state index in [2.05, 4.69) is 27.5 Å². The van der Waals surface area contributed by atoms with Crippen molar-refractivity contribution < 1.29 is 4.79 Å². The lowest BCUT2D eigenvalue weighted by Gasteiger charge is -2.32. The fourth-order valence-electron chi connectivity index (χ4n) is 2.55. The monoisotopic (exact) mass is 312 g/mol. The summed E-state index contributed by atoms with van der Waals surface area (Å²) in [6.07, 6.45) is 1.84. The van der Waals surface area contributed by atoms with E-state index in [9.17, 15) is 4.79 Å². The average molecular weight is 312 g/mol. The molecule has 0 radical (unpaired) electrons. The van der Waals surface area contributed by atoms with Crippen molar-refractivity contribution >= 4 is 17.7 Å². The Morgan fingerprint density at radius 3 is 2.43 bits per heavy atom. The number of carbonyl (C=O) groups excluding carboxylic acids is 1. The van der Waals surface area contributed by atoms with Gasteiger partial charge in [-0.1, -0.05) is 30.3 Å². The highest BCUT2D eigenvalue weighted by atomic mass is 16.2. The molecular weight excluding hydrogens is 292 g/mol. The topological polar surface area (TPSA) is 67.2 Å². The molecule has 0 spiro atoms. The van der Waals surface area contributed by atoms with Crippen LogP contribution in [-0.4, -0.2) is 69.1 Å². The summed E-state index contributed by atoms with van der Waals surface area (Å²) in [5, 5.41) is 11.5. The van der Waals surface area contributed by atoms with Crippen LogP contribution in [0.4, 0.5) is 0 Å². The van der Waals surface area contributed by atoms with Crippen molar-refractivity contribution in [2.24, 2.45) is 0 Å². The van der Waals surface area contributed by atoms with Crippen LogP contribution >= 0.6 is 0 Å². The number of benzene rings is 1. The molecule has 1 fully saturated rings. The van der Waals surface area contributed by atoms with Gasteiger partial charge in [0.15, 0.2) is 5.82 Å². The Balaban J connectivity index is 1.94. The first kappa shape index (κ1) is 15.4. The van der Waals surface area contributed by atoms with Gasteiger partial charge in [-0.25, -0.2) is 0 Å². The van der Waals surface area contributed by atoms with Gasteiger partial charge in [-0.2, -0.15) is 4.68 Å². The molecule has 0 bridgehead atoms. The maximum Gasteiger partial charge on any atom is 0.272 e. The molecule has 0 saturated carbocycles. The summed E-state index contributed by atoms with van der Waals surface area (Å²) in [6, 6.07) is 9.74. The first-order valence-corrected chi connectivity index (χ1v) is 7.65. The molecule has 1 aliphatic rings. The van der Waals surface area contributed by atoms with Crippen molar-refractivity contribution in [3.8, 4) is 0 Å². The van der Waals surface area contributed by atoms with Gasteiger partial charge in [0, 0.05) is 26.2 Å². The molecule has 1 saturated heterocycles. The van der Waals surface area contributed by atoms with Crippen LogP contribution in [0.1, 0.15) is 11.4 Å². The standard InChI is InChI=1S/C16H20N6O/c1-13-17-18-19-22(13)15(12-14-6-4-3-5-7-14)16(23)21-10-8-20(2)9-11-21/h3-7,12H,8-11H2,1-2H3. The molecule has 0 atom stereocenters. The highest BCUT2D eigenvalue weighted by Crippen LogP contribution is 2.16. The molecule has 0 unspecified atom stereocenters. The smallest absolute Gasteiger partial charge is 0.272 e. The minimum absolute atomic E-state index is 0.0441. The van der Waals surface area contributed by atoms with E-state index in [1.807, 2.05) is 41.3 Å². The van der Waals surface area contributed by atoms with Crippen molar-refractivity contribution in [3.05, 3.63) is 41.7 Å². The highest BCUT2D eigenvalue weighted by molar-refractivity contribution is 6.18. The fraction of sp³-hybridized carbons (Fsp3) is 0.375. The third-order valence-corrected chi connectivity index (χ3v) is 3.97. The van der Waals surface area contributed by atoms with Gasteiger partial charge in [-0.3, -0.25) is 4.79 Å². The maximum absolute atomic E-state index is 13.0. The number of piperazine rings is 1. The van der Waals surface area contributed by atoms with Gasteiger partial charge in [-0.05, 0) is 36.0 Å². The Morgan fingerprint density at radius 2 is 1.83 bits per heavy atom. The first-order valence-electron chi connectivity index (χ1n) is 7.65. The number of rotatable bonds is 3. The van der Waals surface area contributed by atoms with E-state index < -0.39 is 0 Å². The predicted molar refractivity (Wildman–Crippen MR) is 87.2 cm³/mol. The number of nitrogens with zero attached hydrogens (tertiary/aromatic N) is 6. The molecule has 3 rings (SSSR count). The predicted octanol–water partition coefficient (Wildman–Crippen LogP) is 0.754. The van der Waals surface area contributed by atoms with Crippen LogP contribution < -0.4 is 0 Å². The van der Waals surface area contributed by atoms with E-state index in [1.54, 1.807) is 6.92 Å². The second-order valence-electron chi connectivity index (χ2n) is 5.67. The largest absolute Gasteiger partial charge is 0.335 e. The third kappa shape index (κ3) is 3.45. The summed E-state index contributed by atoms with van der Waals surface area (Å²) >= 11 is 0. The van der Waals surface area contributed by atoms with Gasteiger partial charge in [0.25, 0.3) is 5.91 Å². The molecular formula is C16H20N6O. The summed E-state index contributed by atoms with van der Waals surface area (Å²) in [6.45, 7) is 4.96. The van der Waals surface area contributed by atoms with E-state index in [1.165, 1.54) is 4.68 Å². The van der Waals surface area contributed by atoms with Crippen molar-refractivity contribution in [2.75, 3.05) is 33.2 Å². The minimum atomic E-state index is -0.0441. The molecule has 0 N–H and O–H groups in total. The minimum Gasteiger partial charge on any atom is -0.335 e. The number of likely N-dealkylation sites (N-methyl/N-ethyl adjacent to an activating group) is 1. The molecule has 7 nitrogen and oxygen atoms in total. The van der Waals surface area contributed by atoms with Crippen molar-refractivity contribution in [1.82, 2.24) is 30.0 Å². The quantitative estimate of drug-likeness (QED) is 0.783. The summed E-state index contributed by atoms with van der Waals surface area (Å²) < 4.78 is 1.51. The van der Waals surface area contributed by atoms with Crippen LogP contribution in [0.2, 0.25) is 0 Å². The first-order chi connectivity index (χ1) is 11.1. The number of aromatic nitrogens is 4. The van der Waals surface area contributed by atoms with Gasteiger partial charge in [0.05, 0.1) is 0 Å². The zero-order valence-electron chi connectivity index (χ0n) is 13.4. The van der Waals surface area contributed by atoms with Crippen molar-refractivity contribution in [2.45, 2.75) is 6.92 Å². The lowest BCUT2D eigenvalue weighted by Crippen LogP contribution is -2.47. The van der Waals surface area contributed by atoms with Gasteiger partial charge in [0.1, 0.15) is 5.70 Å². The normalized spacial score (nSPS) is 16.6. The zero-order valence-corrected chi connectivity index (χ0v) is 13.4. The second kappa shape index (κ2) is 6.70. The van der Waals surface area contributed by atoms with Crippen LogP contribution in [0.5, 0.6) is 0 Å². The molecule has 7 heteroatoms. The molecule has 2 aromatic rings. The van der Waals surface area contributed by atoms with E-state index in [-0.39, 0.29) is 5.91 Å². The van der Waals surface area contributed by atoms with Crippen LogP contribution in [-0.2, 0) is 4.79 Å². The Kier molecular flexibility index (Phi) is 4.47. The van der Waals surface area contributed by atoms with E-state index in [4.69, 9.17) is 0 Å². The van der Waals surface area contributed by atoms with Crippen molar-refractivity contribution in [3.63, 3.8) is 0 Å². The van der Waals surface area contributed by atoms with Crippen LogP contribution in [0.15, 0.2) is 30.3 Å².